The summed E-state index contributed by atoms with van der Waals surface area (Å²) in [5, 5.41) is 7.02. The first-order valence-electron chi connectivity index (χ1n) is 21.3. The maximum Gasteiger partial charge on any atom is 0.166 e. The van der Waals surface area contributed by atoms with Gasteiger partial charge in [-0.2, -0.15) is 0 Å². The Balaban J connectivity index is 1.25. The Hall–Kier alpha value is -8.61. The Morgan fingerprint density at radius 2 is 0.714 bits per heavy atom. The van der Waals surface area contributed by atoms with Gasteiger partial charge in [-0.05, 0) is 60.7 Å². The molecule has 0 spiro atoms. The fraction of sp³-hybridized carbons (Fsp3) is 0. The van der Waals surface area contributed by atoms with Gasteiger partial charge in [0.2, 0.25) is 0 Å². The quantitative estimate of drug-likeness (QED) is 0.168. The van der Waals surface area contributed by atoms with E-state index in [9.17, 15) is 0 Å². The van der Waals surface area contributed by atoms with Crippen LogP contribution >= 0.6 is 0 Å². The number of nitrogens with zero attached hydrogens (tertiary/aromatic N) is 6. The van der Waals surface area contributed by atoms with E-state index in [1.165, 1.54) is 21.5 Å². The maximum absolute atomic E-state index is 5.41. The Morgan fingerprint density at radius 3 is 1.29 bits per heavy atom. The lowest BCUT2D eigenvalue weighted by Gasteiger charge is -2.15. The average Bonchev–Trinajstić information content (AvgIpc) is 4.00. The molecule has 0 unspecified atom stereocenters. The molecule has 0 fully saturated rings. The van der Waals surface area contributed by atoms with Crippen LogP contribution in [0.5, 0.6) is 0 Å². The van der Waals surface area contributed by atoms with Crippen molar-refractivity contribution in [3.63, 3.8) is 0 Å². The predicted octanol–water partition coefficient (Wildman–Crippen LogP) is 14.2. The van der Waals surface area contributed by atoms with Gasteiger partial charge >= 0.3 is 0 Å². The molecule has 63 heavy (non-hydrogen) atoms. The molecule has 0 saturated heterocycles. The van der Waals surface area contributed by atoms with Crippen LogP contribution in [0.2, 0.25) is 0 Å². The van der Waals surface area contributed by atoms with Gasteiger partial charge in [-0.25, -0.2) is 15.0 Å². The lowest BCUT2D eigenvalue weighted by molar-refractivity contribution is 1.07. The molecule has 6 heteroatoms. The molecule has 4 aromatic heterocycles. The van der Waals surface area contributed by atoms with Crippen molar-refractivity contribution < 1.29 is 0 Å². The number of benzene rings is 9. The number of aromatic nitrogens is 6. The minimum absolute atomic E-state index is 0.596. The Kier molecular flexibility index (Phi) is 7.80. The topological polar surface area (TPSA) is 53.5 Å². The van der Waals surface area contributed by atoms with E-state index in [0.717, 1.165) is 77.6 Å². The molecule has 0 aliphatic rings. The van der Waals surface area contributed by atoms with Crippen molar-refractivity contribution in [3.8, 4) is 51.2 Å². The summed E-state index contributed by atoms with van der Waals surface area (Å²) in [5.74, 6) is 1.83. The predicted molar refractivity (Wildman–Crippen MR) is 259 cm³/mol. The molecule has 9 aromatic carbocycles. The monoisotopic (exact) mass is 804 g/mol. The van der Waals surface area contributed by atoms with Gasteiger partial charge in [0.15, 0.2) is 17.5 Å². The standard InChI is InChI=1S/C57H36N6/c1-5-19-37(20-6-1)55-58-56(38-21-7-2-8-22-38)60-57(59-55)47-36-41(62-48-30-16-13-27-42(48)43-28-14-17-31-49(43)62)35-46-44-33-34-51-52(54(44)63(53(46)47)40-25-11-4-12-26-40)45-29-15-18-32-50(45)61(51)39-23-9-3-10-24-39/h1-36H. The molecule has 0 atom stereocenters. The molecule has 0 amide bonds. The van der Waals surface area contributed by atoms with E-state index in [1.807, 2.05) is 36.4 Å². The van der Waals surface area contributed by atoms with E-state index in [4.69, 9.17) is 15.0 Å². The third kappa shape index (κ3) is 5.41. The van der Waals surface area contributed by atoms with Gasteiger partial charge in [-0.1, -0.05) is 158 Å². The van der Waals surface area contributed by atoms with Gasteiger partial charge in [0.25, 0.3) is 0 Å². The van der Waals surface area contributed by atoms with Gasteiger partial charge < -0.3 is 13.7 Å². The molecular formula is C57H36N6. The fourth-order valence-electron chi connectivity index (χ4n) is 9.79. The zero-order valence-corrected chi connectivity index (χ0v) is 34.0. The number of rotatable bonds is 6. The number of hydrogen-bond acceptors (Lipinski definition) is 3. The average molecular weight is 805 g/mol. The lowest BCUT2D eigenvalue weighted by atomic mass is 10.0. The van der Waals surface area contributed by atoms with Crippen molar-refractivity contribution in [2.75, 3.05) is 0 Å². The smallest absolute Gasteiger partial charge is 0.166 e. The first kappa shape index (κ1) is 35.2. The molecule has 0 saturated carbocycles. The number of hydrogen-bond donors (Lipinski definition) is 0. The van der Waals surface area contributed by atoms with Crippen molar-refractivity contribution >= 4 is 65.4 Å². The SMILES string of the molecule is c1ccc(-c2nc(-c3ccccc3)nc(-c3cc(-n4c5ccccc5c5ccccc54)cc4c5ccc6c(c7ccccc7n6-c6ccccc6)c5n(-c5ccccc5)c34)n2)cc1. The van der Waals surface area contributed by atoms with Crippen molar-refractivity contribution in [2.45, 2.75) is 0 Å². The van der Waals surface area contributed by atoms with Crippen molar-refractivity contribution in [3.05, 3.63) is 218 Å². The summed E-state index contributed by atoms with van der Waals surface area (Å²) in [6.07, 6.45) is 0. The van der Waals surface area contributed by atoms with Crippen LogP contribution in [0.25, 0.3) is 117 Å². The molecular weight excluding hydrogens is 769 g/mol. The van der Waals surface area contributed by atoms with E-state index in [-0.39, 0.29) is 0 Å². The maximum atomic E-state index is 5.41. The molecule has 4 heterocycles. The largest absolute Gasteiger partial charge is 0.309 e. The van der Waals surface area contributed by atoms with Gasteiger partial charge in [0.05, 0.1) is 33.1 Å². The normalized spacial score (nSPS) is 11.8. The van der Waals surface area contributed by atoms with Gasteiger partial charge in [0, 0.05) is 66.1 Å². The first-order valence-corrected chi connectivity index (χ1v) is 21.3. The Bertz CT molecular complexity index is 3770. The summed E-state index contributed by atoms with van der Waals surface area (Å²) in [7, 11) is 0. The van der Waals surface area contributed by atoms with Crippen LogP contribution in [-0.2, 0) is 0 Å². The summed E-state index contributed by atoms with van der Waals surface area (Å²) in [6, 6.07) is 77.3. The first-order chi connectivity index (χ1) is 31.3. The molecule has 294 valence electrons. The molecule has 13 rings (SSSR count). The van der Waals surface area contributed by atoms with E-state index < -0.39 is 0 Å². The molecule has 0 aliphatic heterocycles. The van der Waals surface area contributed by atoms with Crippen LogP contribution in [0.15, 0.2) is 218 Å². The second-order valence-corrected chi connectivity index (χ2v) is 16.0. The third-order valence-corrected chi connectivity index (χ3v) is 12.5. The van der Waals surface area contributed by atoms with E-state index in [2.05, 4.69) is 196 Å². The van der Waals surface area contributed by atoms with Crippen LogP contribution in [-0.4, -0.2) is 28.7 Å². The van der Waals surface area contributed by atoms with Crippen molar-refractivity contribution in [1.29, 1.82) is 0 Å². The van der Waals surface area contributed by atoms with Crippen LogP contribution < -0.4 is 0 Å². The van der Waals surface area contributed by atoms with Crippen LogP contribution in [0.3, 0.4) is 0 Å². The van der Waals surface area contributed by atoms with Gasteiger partial charge in [-0.3, -0.25) is 0 Å². The van der Waals surface area contributed by atoms with E-state index in [0.29, 0.717) is 17.5 Å². The second-order valence-electron chi connectivity index (χ2n) is 16.0. The number of fused-ring (bicyclic) bond motifs is 10. The Labute approximate surface area is 362 Å². The van der Waals surface area contributed by atoms with Gasteiger partial charge in [-0.15, -0.1) is 0 Å². The zero-order chi connectivity index (χ0) is 41.4. The molecule has 0 bridgehead atoms. The highest BCUT2D eigenvalue weighted by Crippen LogP contribution is 2.46. The summed E-state index contributed by atoms with van der Waals surface area (Å²) in [5.41, 5.74) is 12.6. The van der Waals surface area contributed by atoms with E-state index >= 15 is 0 Å². The third-order valence-electron chi connectivity index (χ3n) is 12.5. The molecule has 0 N–H and O–H groups in total. The Morgan fingerprint density at radius 1 is 0.270 bits per heavy atom. The molecule has 13 aromatic rings. The minimum Gasteiger partial charge on any atom is -0.309 e. The van der Waals surface area contributed by atoms with Crippen LogP contribution in [0.1, 0.15) is 0 Å². The fourth-order valence-corrected chi connectivity index (χ4v) is 9.79. The van der Waals surface area contributed by atoms with Crippen molar-refractivity contribution in [2.24, 2.45) is 0 Å². The second kappa shape index (κ2) is 14.0. The number of para-hydroxylation sites is 5. The van der Waals surface area contributed by atoms with Gasteiger partial charge in [0.1, 0.15) is 0 Å². The highest BCUT2D eigenvalue weighted by atomic mass is 15.1. The van der Waals surface area contributed by atoms with E-state index in [1.54, 1.807) is 0 Å². The summed E-state index contributed by atoms with van der Waals surface area (Å²) < 4.78 is 7.25. The lowest BCUT2D eigenvalue weighted by Crippen LogP contribution is -2.03. The highest BCUT2D eigenvalue weighted by molar-refractivity contribution is 6.27. The highest BCUT2D eigenvalue weighted by Gasteiger charge is 2.26. The summed E-state index contributed by atoms with van der Waals surface area (Å²) >= 11 is 0. The van der Waals surface area contributed by atoms with Crippen LogP contribution in [0.4, 0.5) is 0 Å². The summed E-state index contributed by atoms with van der Waals surface area (Å²) in [4.78, 5) is 15.9. The molecule has 0 aliphatic carbocycles. The summed E-state index contributed by atoms with van der Waals surface area (Å²) in [6.45, 7) is 0. The molecule has 6 nitrogen and oxygen atoms in total. The minimum atomic E-state index is 0.596. The van der Waals surface area contributed by atoms with Crippen molar-refractivity contribution in [1.82, 2.24) is 28.7 Å². The molecule has 0 radical (unpaired) electrons. The zero-order valence-electron chi connectivity index (χ0n) is 34.0. The van der Waals surface area contributed by atoms with Crippen LogP contribution in [0, 0.1) is 0 Å².